The fourth-order valence-corrected chi connectivity index (χ4v) is 5.85. The van der Waals surface area contributed by atoms with E-state index in [9.17, 15) is 4.79 Å². The molecule has 0 bridgehead atoms. The van der Waals surface area contributed by atoms with Crippen LogP contribution in [0, 0.1) is 0 Å². The molecule has 27 heavy (non-hydrogen) atoms. The summed E-state index contributed by atoms with van der Waals surface area (Å²) in [6, 6.07) is 21.2. The number of carbonyl (C=O) groups excluding carboxylic acids is 1. The largest absolute Gasteiger partial charge is 0.295 e. The first-order chi connectivity index (χ1) is 12.8. The molecule has 0 saturated carbocycles. The highest BCUT2D eigenvalue weighted by Crippen LogP contribution is 2.45. The number of halogens is 2. The van der Waals surface area contributed by atoms with Gasteiger partial charge in [0.15, 0.2) is 5.78 Å². The third-order valence-corrected chi connectivity index (χ3v) is 7.27. The molecule has 1 nitrogen and oxygen atoms in total. The van der Waals surface area contributed by atoms with Crippen molar-refractivity contribution in [3.8, 4) is 0 Å². The van der Waals surface area contributed by atoms with Gasteiger partial charge < -0.3 is 0 Å². The van der Waals surface area contributed by atoms with Gasteiger partial charge in [-0.3, -0.25) is 4.79 Å². The first-order valence-corrected chi connectivity index (χ1v) is 10.8. The van der Waals surface area contributed by atoms with Crippen LogP contribution in [0.15, 0.2) is 96.6 Å². The average Bonchev–Trinajstić information content (AvgIpc) is 2.69. The lowest BCUT2D eigenvalue weighted by Gasteiger charge is -2.28. The minimum Gasteiger partial charge on any atom is -0.295 e. The molecule has 1 atom stereocenters. The van der Waals surface area contributed by atoms with Crippen molar-refractivity contribution in [3.63, 3.8) is 0 Å². The zero-order valence-corrected chi connectivity index (χ0v) is 17.5. The average molecular weight is 417 g/mol. The first kappa shape index (κ1) is 21.6. The van der Waals surface area contributed by atoms with E-state index >= 15 is 0 Å². The molecule has 0 fully saturated rings. The smallest absolute Gasteiger partial charge is 0.156 e. The van der Waals surface area contributed by atoms with Crippen LogP contribution < -0.4 is 10.6 Å². The fourth-order valence-electron chi connectivity index (χ4n) is 3.06. The van der Waals surface area contributed by atoms with Crippen LogP contribution in [0.1, 0.15) is 12.8 Å². The van der Waals surface area contributed by atoms with Crippen LogP contribution >= 0.6 is 31.9 Å². The molecule has 0 aromatic heterocycles. The normalized spacial score (nSPS) is 17.1. The van der Waals surface area contributed by atoms with Gasteiger partial charge in [0.25, 0.3) is 0 Å². The third kappa shape index (κ3) is 5.91. The van der Waals surface area contributed by atoms with Gasteiger partial charge in [-0.2, -0.15) is 0 Å². The molecule has 2 aromatic carbocycles. The van der Waals surface area contributed by atoms with E-state index in [0.29, 0.717) is 12.3 Å². The lowest BCUT2D eigenvalue weighted by Crippen LogP contribution is -2.22. The Morgan fingerprint density at radius 3 is 2.11 bits per heavy atom. The zero-order chi connectivity index (χ0) is 18.2. The molecule has 4 heteroatoms. The molecule has 0 spiro atoms. The molecule has 0 radical (unpaired) electrons. The van der Waals surface area contributed by atoms with Gasteiger partial charge in [0.05, 0.1) is 0 Å². The molecular formula is C23H23Cl2OP. The topological polar surface area (TPSA) is 17.1 Å². The van der Waals surface area contributed by atoms with Gasteiger partial charge in [-0.25, -0.2) is 0 Å². The summed E-state index contributed by atoms with van der Waals surface area (Å²) in [5.41, 5.74) is 1.28. The minimum absolute atomic E-state index is 0. The Morgan fingerprint density at radius 2 is 1.56 bits per heavy atom. The summed E-state index contributed by atoms with van der Waals surface area (Å²) in [4.78, 5) is 12.3. The minimum atomic E-state index is -0.636. The monoisotopic (exact) mass is 416 g/mol. The van der Waals surface area contributed by atoms with Crippen molar-refractivity contribution in [1.82, 2.24) is 0 Å². The maximum absolute atomic E-state index is 12.3. The summed E-state index contributed by atoms with van der Waals surface area (Å²) in [6.07, 6.45) is 11.5. The maximum atomic E-state index is 12.3. The highest BCUT2D eigenvalue weighted by molar-refractivity contribution is 7.74. The van der Waals surface area contributed by atoms with Crippen LogP contribution in [0.5, 0.6) is 0 Å². The van der Waals surface area contributed by atoms with E-state index < -0.39 is 7.92 Å². The molecule has 1 aliphatic rings. The molecule has 1 unspecified atom stereocenters. The van der Waals surface area contributed by atoms with E-state index in [1.54, 1.807) is 0 Å². The number of hydrogen-bond acceptors (Lipinski definition) is 1. The van der Waals surface area contributed by atoms with Gasteiger partial charge in [-0.05, 0) is 36.6 Å². The van der Waals surface area contributed by atoms with Gasteiger partial charge in [0, 0.05) is 18.0 Å². The quantitative estimate of drug-likeness (QED) is 0.328. The van der Waals surface area contributed by atoms with Crippen molar-refractivity contribution in [2.75, 3.05) is 5.88 Å². The van der Waals surface area contributed by atoms with Crippen molar-refractivity contribution in [1.29, 1.82) is 0 Å². The zero-order valence-electron chi connectivity index (χ0n) is 15.0. The Hall–Kier alpha value is -1.66. The van der Waals surface area contributed by atoms with Crippen LogP contribution in [0.2, 0.25) is 0 Å². The van der Waals surface area contributed by atoms with Crippen molar-refractivity contribution in [2.24, 2.45) is 0 Å². The summed E-state index contributed by atoms with van der Waals surface area (Å²) in [5.74, 6) is 0.677. The van der Waals surface area contributed by atoms with Crippen LogP contribution in [0.4, 0.5) is 0 Å². The molecule has 0 N–H and O–H groups in total. The first-order valence-electron chi connectivity index (χ1n) is 8.84. The number of alkyl halides is 1. The van der Waals surface area contributed by atoms with Crippen molar-refractivity contribution in [3.05, 3.63) is 96.6 Å². The van der Waals surface area contributed by atoms with Crippen LogP contribution in [-0.2, 0) is 4.79 Å². The Balaban J connectivity index is 0.00000261. The molecular weight excluding hydrogens is 394 g/mol. The summed E-state index contributed by atoms with van der Waals surface area (Å²) in [7, 11) is -0.636. The van der Waals surface area contributed by atoms with Gasteiger partial charge in [-0.1, -0.05) is 85.0 Å². The van der Waals surface area contributed by atoms with E-state index in [1.165, 1.54) is 10.6 Å². The molecule has 3 rings (SSSR count). The Kier molecular flexibility index (Phi) is 9.01. The summed E-state index contributed by atoms with van der Waals surface area (Å²) in [5, 5.41) is 2.63. The molecule has 140 valence electrons. The predicted octanol–water partition coefficient (Wildman–Crippen LogP) is 5.55. The van der Waals surface area contributed by atoms with Gasteiger partial charge in [-0.15, -0.1) is 24.0 Å². The maximum Gasteiger partial charge on any atom is 0.156 e. The number of benzene rings is 2. The van der Waals surface area contributed by atoms with Crippen LogP contribution in [-0.4, -0.2) is 17.3 Å². The van der Waals surface area contributed by atoms with E-state index in [4.69, 9.17) is 11.6 Å². The Bertz CT molecular complexity index is 773. The summed E-state index contributed by atoms with van der Waals surface area (Å²) >= 11 is 5.73. The van der Waals surface area contributed by atoms with Gasteiger partial charge in [0.2, 0.25) is 0 Å². The number of rotatable bonds is 7. The van der Waals surface area contributed by atoms with E-state index in [2.05, 4.69) is 66.8 Å². The third-order valence-electron chi connectivity index (χ3n) is 4.27. The van der Waals surface area contributed by atoms with Gasteiger partial charge in [0.1, 0.15) is 0 Å². The number of hydrogen-bond donors (Lipinski definition) is 0. The van der Waals surface area contributed by atoms with Crippen LogP contribution in [0.25, 0.3) is 0 Å². The Labute approximate surface area is 174 Å². The molecule has 0 amide bonds. The van der Waals surface area contributed by atoms with Crippen molar-refractivity contribution >= 4 is 48.3 Å². The molecule has 0 aliphatic heterocycles. The fraction of sp³-hybridized carbons (Fsp3) is 0.174. The second-order valence-corrected chi connectivity index (χ2v) is 8.84. The number of carbonyl (C=O) groups is 1. The number of allylic oxidation sites excluding steroid dienone is 6. The molecule has 2 aromatic rings. The highest BCUT2D eigenvalue weighted by atomic mass is 35.5. The lowest BCUT2D eigenvalue weighted by molar-refractivity contribution is -0.114. The van der Waals surface area contributed by atoms with Crippen LogP contribution in [0.3, 0.4) is 0 Å². The van der Waals surface area contributed by atoms with E-state index in [1.807, 2.05) is 24.3 Å². The van der Waals surface area contributed by atoms with Crippen molar-refractivity contribution in [2.45, 2.75) is 18.5 Å². The molecule has 1 aliphatic carbocycles. The van der Waals surface area contributed by atoms with E-state index in [-0.39, 0.29) is 23.8 Å². The van der Waals surface area contributed by atoms with Crippen molar-refractivity contribution < 1.29 is 4.79 Å². The molecule has 0 heterocycles. The van der Waals surface area contributed by atoms with E-state index in [0.717, 1.165) is 12.0 Å². The number of ketones is 1. The highest BCUT2D eigenvalue weighted by Gasteiger charge is 2.26. The Morgan fingerprint density at radius 1 is 0.963 bits per heavy atom. The summed E-state index contributed by atoms with van der Waals surface area (Å²) in [6.45, 7) is 0. The summed E-state index contributed by atoms with van der Waals surface area (Å²) < 4.78 is 0. The standard InChI is InChI=1S/C23H22ClOP.ClH/c24-17-9-11-20(25)18-19-10-7-8-16-23(19)26(21-12-3-1-4-13-21)22-14-5-2-6-15-22;/h1-8,10,12-16,18,23H,9,11,17H2;1H. The molecule has 0 saturated heterocycles. The SMILES string of the molecule is Cl.O=C(C=C1C=CC=CC1P(c1ccccc1)c1ccccc1)CCCCl. The van der Waals surface area contributed by atoms with Gasteiger partial charge >= 0.3 is 0 Å². The second kappa shape index (κ2) is 11.2. The predicted molar refractivity (Wildman–Crippen MR) is 121 cm³/mol. The lowest BCUT2D eigenvalue weighted by atomic mass is 10.0. The second-order valence-electron chi connectivity index (χ2n) is 6.13.